The van der Waals surface area contributed by atoms with Crippen LogP contribution in [0.4, 0.5) is 0 Å². The Hall–Kier alpha value is -1.74. The Bertz CT molecular complexity index is 657. The minimum absolute atomic E-state index is 0.150. The summed E-state index contributed by atoms with van der Waals surface area (Å²) in [5.41, 5.74) is 8.69. The van der Waals surface area contributed by atoms with E-state index >= 15 is 0 Å². The first-order valence-electron chi connectivity index (χ1n) is 7.25. The molecule has 3 heteroatoms. The van der Waals surface area contributed by atoms with Crippen molar-refractivity contribution in [2.24, 2.45) is 5.73 Å². The predicted molar refractivity (Wildman–Crippen MR) is 80.8 cm³/mol. The van der Waals surface area contributed by atoms with Gasteiger partial charge in [-0.25, -0.2) is 0 Å². The minimum Gasteiger partial charge on any atom is -0.325 e. The van der Waals surface area contributed by atoms with Crippen LogP contribution in [0.5, 0.6) is 0 Å². The average Bonchev–Trinajstić information content (AvgIpc) is 2.84. The Labute approximate surface area is 119 Å². The number of aryl methyl sites for hydroxylation is 1. The summed E-state index contributed by atoms with van der Waals surface area (Å²) in [5, 5.41) is 1.01. The third-order valence-electron chi connectivity index (χ3n) is 4.26. The molecule has 1 heterocycles. The molecule has 1 fully saturated rings. The van der Waals surface area contributed by atoms with Crippen molar-refractivity contribution in [3.63, 3.8) is 0 Å². The second-order valence-corrected chi connectivity index (χ2v) is 6.03. The Morgan fingerprint density at radius 3 is 2.75 bits per heavy atom. The molecule has 0 saturated heterocycles. The van der Waals surface area contributed by atoms with Gasteiger partial charge in [0.15, 0.2) is 5.78 Å². The van der Waals surface area contributed by atoms with Gasteiger partial charge in [0.25, 0.3) is 0 Å². The van der Waals surface area contributed by atoms with E-state index in [2.05, 4.69) is 4.98 Å². The molecule has 2 aromatic rings. The van der Waals surface area contributed by atoms with E-state index in [0.717, 1.165) is 47.8 Å². The number of hydrogen-bond donors (Lipinski definition) is 1. The maximum atomic E-state index is 12.4. The van der Waals surface area contributed by atoms with Crippen molar-refractivity contribution in [2.75, 3.05) is 0 Å². The lowest BCUT2D eigenvalue weighted by atomic mass is 9.89. The van der Waals surface area contributed by atoms with Crippen molar-refractivity contribution in [1.29, 1.82) is 0 Å². The highest BCUT2D eigenvalue weighted by molar-refractivity contribution is 6.00. The molecule has 3 rings (SSSR count). The van der Waals surface area contributed by atoms with Crippen LogP contribution in [0.25, 0.3) is 10.9 Å². The number of aromatic nitrogens is 1. The van der Waals surface area contributed by atoms with Crippen LogP contribution in [-0.2, 0) is 0 Å². The third-order valence-corrected chi connectivity index (χ3v) is 4.26. The summed E-state index contributed by atoms with van der Waals surface area (Å²) in [4.78, 5) is 16.9. The summed E-state index contributed by atoms with van der Waals surface area (Å²) >= 11 is 0. The molecular formula is C17H20N2O. The molecule has 0 aliphatic heterocycles. The van der Waals surface area contributed by atoms with Gasteiger partial charge >= 0.3 is 0 Å². The highest BCUT2D eigenvalue weighted by atomic mass is 16.1. The fourth-order valence-corrected chi connectivity index (χ4v) is 3.08. The SMILES string of the molecule is Cc1ccc2cc(C(=O)CC3(N)CCCC3)ccc2n1. The van der Waals surface area contributed by atoms with Crippen LogP contribution in [0.2, 0.25) is 0 Å². The number of nitrogens with two attached hydrogens (primary N) is 1. The Kier molecular flexibility index (Phi) is 3.30. The second kappa shape index (κ2) is 4.98. The van der Waals surface area contributed by atoms with E-state index in [-0.39, 0.29) is 11.3 Å². The zero-order valence-corrected chi connectivity index (χ0v) is 11.9. The molecule has 2 N–H and O–H groups in total. The van der Waals surface area contributed by atoms with Crippen LogP contribution in [0, 0.1) is 6.92 Å². The zero-order chi connectivity index (χ0) is 14.2. The molecular weight excluding hydrogens is 248 g/mol. The van der Waals surface area contributed by atoms with Gasteiger partial charge in [-0.15, -0.1) is 0 Å². The van der Waals surface area contributed by atoms with Crippen molar-refractivity contribution in [3.8, 4) is 0 Å². The van der Waals surface area contributed by atoms with E-state index in [1.165, 1.54) is 0 Å². The summed E-state index contributed by atoms with van der Waals surface area (Å²) in [5.74, 6) is 0.150. The zero-order valence-electron chi connectivity index (χ0n) is 11.9. The van der Waals surface area contributed by atoms with E-state index in [1.54, 1.807) is 0 Å². The molecule has 0 radical (unpaired) electrons. The molecule has 0 atom stereocenters. The summed E-state index contributed by atoms with van der Waals surface area (Å²) in [6, 6.07) is 9.71. The number of carbonyl (C=O) groups excluding carboxylic acids is 1. The monoisotopic (exact) mass is 268 g/mol. The fourth-order valence-electron chi connectivity index (χ4n) is 3.08. The number of nitrogens with zero attached hydrogens (tertiary/aromatic N) is 1. The highest BCUT2D eigenvalue weighted by Crippen LogP contribution is 2.31. The molecule has 0 bridgehead atoms. The van der Waals surface area contributed by atoms with E-state index in [1.807, 2.05) is 37.3 Å². The highest BCUT2D eigenvalue weighted by Gasteiger charge is 2.31. The van der Waals surface area contributed by atoms with Gasteiger partial charge in [0.05, 0.1) is 5.52 Å². The largest absolute Gasteiger partial charge is 0.325 e. The first-order valence-corrected chi connectivity index (χ1v) is 7.25. The number of pyridine rings is 1. The lowest BCUT2D eigenvalue weighted by Crippen LogP contribution is -2.38. The Morgan fingerprint density at radius 2 is 2.00 bits per heavy atom. The number of rotatable bonds is 3. The van der Waals surface area contributed by atoms with Gasteiger partial charge in [0.2, 0.25) is 0 Å². The fraction of sp³-hybridized carbons (Fsp3) is 0.412. The van der Waals surface area contributed by atoms with Gasteiger partial charge in [-0.05, 0) is 44.0 Å². The quantitative estimate of drug-likeness (QED) is 0.868. The number of carbonyl (C=O) groups is 1. The molecule has 1 saturated carbocycles. The van der Waals surface area contributed by atoms with Crippen molar-refractivity contribution in [2.45, 2.75) is 44.6 Å². The predicted octanol–water partition coefficient (Wildman–Crippen LogP) is 3.39. The molecule has 0 spiro atoms. The topological polar surface area (TPSA) is 56.0 Å². The molecule has 20 heavy (non-hydrogen) atoms. The normalized spacial score (nSPS) is 17.5. The van der Waals surface area contributed by atoms with E-state index in [9.17, 15) is 4.79 Å². The molecule has 1 aliphatic rings. The Balaban J connectivity index is 1.86. The van der Waals surface area contributed by atoms with Crippen molar-refractivity contribution in [3.05, 3.63) is 41.6 Å². The molecule has 3 nitrogen and oxygen atoms in total. The van der Waals surface area contributed by atoms with Gasteiger partial charge in [-0.1, -0.05) is 18.9 Å². The lowest BCUT2D eigenvalue weighted by molar-refractivity contribution is 0.0952. The van der Waals surface area contributed by atoms with Crippen LogP contribution < -0.4 is 5.73 Å². The van der Waals surface area contributed by atoms with Crippen LogP contribution in [0.1, 0.15) is 48.2 Å². The number of fused-ring (bicyclic) bond motifs is 1. The maximum absolute atomic E-state index is 12.4. The number of ketones is 1. The Morgan fingerprint density at radius 1 is 1.25 bits per heavy atom. The van der Waals surface area contributed by atoms with E-state index < -0.39 is 0 Å². The minimum atomic E-state index is -0.280. The maximum Gasteiger partial charge on any atom is 0.164 e. The van der Waals surface area contributed by atoms with Gasteiger partial charge in [-0.2, -0.15) is 0 Å². The van der Waals surface area contributed by atoms with Crippen LogP contribution in [0.15, 0.2) is 30.3 Å². The first-order chi connectivity index (χ1) is 9.56. The van der Waals surface area contributed by atoms with Crippen molar-refractivity contribution in [1.82, 2.24) is 4.98 Å². The molecule has 0 amide bonds. The van der Waals surface area contributed by atoms with Gasteiger partial charge in [-0.3, -0.25) is 9.78 Å². The van der Waals surface area contributed by atoms with Crippen molar-refractivity contribution >= 4 is 16.7 Å². The molecule has 104 valence electrons. The van der Waals surface area contributed by atoms with Gasteiger partial charge in [0, 0.05) is 28.6 Å². The summed E-state index contributed by atoms with van der Waals surface area (Å²) < 4.78 is 0. The summed E-state index contributed by atoms with van der Waals surface area (Å²) in [7, 11) is 0. The van der Waals surface area contributed by atoms with Crippen LogP contribution in [0.3, 0.4) is 0 Å². The smallest absolute Gasteiger partial charge is 0.164 e. The summed E-state index contributed by atoms with van der Waals surface area (Å²) in [6.07, 6.45) is 4.67. The average molecular weight is 268 g/mol. The molecule has 1 aromatic carbocycles. The number of benzene rings is 1. The molecule has 1 aliphatic carbocycles. The number of hydrogen-bond acceptors (Lipinski definition) is 3. The molecule has 0 unspecified atom stereocenters. The number of Topliss-reactive ketones (excluding diaryl/α,β-unsaturated/α-hetero) is 1. The molecule has 1 aromatic heterocycles. The van der Waals surface area contributed by atoms with Gasteiger partial charge < -0.3 is 5.73 Å². The summed E-state index contributed by atoms with van der Waals surface area (Å²) in [6.45, 7) is 1.97. The van der Waals surface area contributed by atoms with Gasteiger partial charge in [0.1, 0.15) is 0 Å². The lowest BCUT2D eigenvalue weighted by Gasteiger charge is -2.22. The van der Waals surface area contributed by atoms with Crippen LogP contribution >= 0.6 is 0 Å². The first kappa shape index (κ1) is 13.3. The standard InChI is InChI=1S/C17H20N2O/c1-12-4-5-13-10-14(6-7-15(13)19-12)16(20)11-17(18)8-2-3-9-17/h4-7,10H,2-3,8-9,11,18H2,1H3. The van der Waals surface area contributed by atoms with Crippen LogP contribution in [-0.4, -0.2) is 16.3 Å². The van der Waals surface area contributed by atoms with E-state index in [4.69, 9.17) is 5.73 Å². The van der Waals surface area contributed by atoms with Crippen molar-refractivity contribution < 1.29 is 4.79 Å². The van der Waals surface area contributed by atoms with E-state index in [0.29, 0.717) is 6.42 Å². The third kappa shape index (κ3) is 2.59. The second-order valence-electron chi connectivity index (χ2n) is 6.03.